The van der Waals surface area contributed by atoms with E-state index in [1.54, 1.807) is 11.9 Å². The minimum atomic E-state index is -0.166. The van der Waals surface area contributed by atoms with Gasteiger partial charge in [0.2, 0.25) is 11.8 Å². The second-order valence-electron chi connectivity index (χ2n) is 6.55. The van der Waals surface area contributed by atoms with Crippen molar-refractivity contribution < 1.29 is 9.59 Å². The Labute approximate surface area is 162 Å². The standard InChI is InChI=1S/C20H24BrN3O2/c1-13-8-14(2)20(15(3)9-13)23-19(26)12-24(4)11-18(25)22-17-7-5-6-16(21)10-17/h5-10H,11-12H2,1-4H3,(H,22,25)(H,23,26). The number of amides is 2. The van der Waals surface area contributed by atoms with Gasteiger partial charge in [0.1, 0.15) is 0 Å². The van der Waals surface area contributed by atoms with Gasteiger partial charge in [-0.1, -0.05) is 39.7 Å². The first-order valence-electron chi connectivity index (χ1n) is 8.36. The second kappa shape index (κ2) is 8.96. The van der Waals surface area contributed by atoms with Crippen molar-refractivity contribution in [3.05, 3.63) is 57.6 Å². The molecule has 0 atom stereocenters. The number of benzene rings is 2. The Morgan fingerprint density at radius 1 is 0.962 bits per heavy atom. The molecule has 0 radical (unpaired) electrons. The van der Waals surface area contributed by atoms with Crippen LogP contribution in [0.1, 0.15) is 16.7 Å². The Bertz CT molecular complexity index is 797. The Hall–Kier alpha value is -2.18. The number of hydrogen-bond acceptors (Lipinski definition) is 3. The van der Waals surface area contributed by atoms with Gasteiger partial charge in [-0.15, -0.1) is 0 Å². The van der Waals surface area contributed by atoms with Crippen molar-refractivity contribution in [3.8, 4) is 0 Å². The minimum Gasteiger partial charge on any atom is -0.325 e. The number of rotatable bonds is 6. The molecule has 26 heavy (non-hydrogen) atoms. The van der Waals surface area contributed by atoms with Crippen LogP contribution in [-0.2, 0) is 9.59 Å². The number of hydrogen-bond donors (Lipinski definition) is 2. The molecule has 6 heteroatoms. The van der Waals surface area contributed by atoms with E-state index in [-0.39, 0.29) is 24.9 Å². The van der Waals surface area contributed by atoms with Crippen LogP contribution in [0, 0.1) is 20.8 Å². The normalized spacial score (nSPS) is 10.7. The maximum Gasteiger partial charge on any atom is 0.238 e. The van der Waals surface area contributed by atoms with Gasteiger partial charge in [-0.05, 0) is 57.1 Å². The molecule has 0 saturated heterocycles. The van der Waals surface area contributed by atoms with E-state index < -0.39 is 0 Å². The number of halogens is 1. The summed E-state index contributed by atoms with van der Waals surface area (Å²) in [5.74, 6) is -0.307. The van der Waals surface area contributed by atoms with Gasteiger partial charge in [0.25, 0.3) is 0 Å². The quantitative estimate of drug-likeness (QED) is 0.749. The molecule has 2 N–H and O–H groups in total. The van der Waals surface area contributed by atoms with Crippen LogP contribution in [0.2, 0.25) is 0 Å². The predicted molar refractivity (Wildman–Crippen MR) is 110 cm³/mol. The van der Waals surface area contributed by atoms with Crippen LogP contribution in [0.5, 0.6) is 0 Å². The summed E-state index contributed by atoms with van der Waals surface area (Å²) in [4.78, 5) is 26.1. The van der Waals surface area contributed by atoms with E-state index in [1.807, 2.05) is 57.2 Å². The van der Waals surface area contributed by atoms with Crippen LogP contribution in [-0.4, -0.2) is 36.9 Å². The van der Waals surface area contributed by atoms with Crippen LogP contribution in [0.25, 0.3) is 0 Å². The average Bonchev–Trinajstić information content (AvgIpc) is 2.50. The summed E-state index contributed by atoms with van der Waals surface area (Å²) < 4.78 is 0.895. The zero-order chi connectivity index (χ0) is 19.3. The summed E-state index contributed by atoms with van der Waals surface area (Å²) in [5.41, 5.74) is 4.79. The Kier molecular flexibility index (Phi) is 6.94. The van der Waals surface area contributed by atoms with Gasteiger partial charge >= 0.3 is 0 Å². The van der Waals surface area contributed by atoms with E-state index in [2.05, 4.69) is 26.6 Å². The summed E-state index contributed by atoms with van der Waals surface area (Å²) in [6.45, 7) is 6.25. The molecule has 138 valence electrons. The minimum absolute atomic E-state index is 0.131. The molecule has 5 nitrogen and oxygen atoms in total. The molecule has 0 unspecified atom stereocenters. The SMILES string of the molecule is Cc1cc(C)c(NC(=O)CN(C)CC(=O)Nc2cccc(Br)c2)c(C)c1. The lowest BCUT2D eigenvalue weighted by Crippen LogP contribution is -2.36. The van der Waals surface area contributed by atoms with Crippen molar-refractivity contribution in [2.75, 3.05) is 30.8 Å². The number of likely N-dealkylation sites (N-methyl/N-ethyl adjacent to an activating group) is 1. The fourth-order valence-electron chi connectivity index (χ4n) is 2.87. The van der Waals surface area contributed by atoms with E-state index in [0.717, 1.165) is 21.3 Å². The van der Waals surface area contributed by atoms with Gasteiger partial charge in [-0.25, -0.2) is 0 Å². The Morgan fingerprint density at radius 3 is 2.12 bits per heavy atom. The molecule has 0 aliphatic heterocycles. The van der Waals surface area contributed by atoms with Gasteiger partial charge in [-0.3, -0.25) is 14.5 Å². The number of carbonyl (C=O) groups excluding carboxylic acids is 2. The van der Waals surface area contributed by atoms with Crippen molar-refractivity contribution in [2.45, 2.75) is 20.8 Å². The highest BCUT2D eigenvalue weighted by atomic mass is 79.9. The summed E-state index contributed by atoms with van der Waals surface area (Å²) in [6, 6.07) is 11.5. The van der Waals surface area contributed by atoms with Crippen molar-refractivity contribution in [1.29, 1.82) is 0 Å². The van der Waals surface area contributed by atoms with Gasteiger partial charge in [0, 0.05) is 15.8 Å². The predicted octanol–water partition coefficient (Wildman–Crippen LogP) is 3.88. The van der Waals surface area contributed by atoms with Crippen LogP contribution in [0.4, 0.5) is 11.4 Å². The highest BCUT2D eigenvalue weighted by Crippen LogP contribution is 2.21. The van der Waals surface area contributed by atoms with Crippen molar-refractivity contribution >= 4 is 39.1 Å². The monoisotopic (exact) mass is 417 g/mol. The maximum atomic E-state index is 12.3. The number of aryl methyl sites for hydroxylation is 3. The molecular weight excluding hydrogens is 394 g/mol. The smallest absolute Gasteiger partial charge is 0.238 e. The maximum absolute atomic E-state index is 12.3. The molecule has 0 spiro atoms. The van der Waals surface area contributed by atoms with Crippen LogP contribution in [0.3, 0.4) is 0 Å². The highest BCUT2D eigenvalue weighted by Gasteiger charge is 2.13. The molecule has 2 rings (SSSR count). The highest BCUT2D eigenvalue weighted by molar-refractivity contribution is 9.10. The number of anilines is 2. The molecule has 2 aromatic carbocycles. The number of nitrogens with zero attached hydrogens (tertiary/aromatic N) is 1. The first kappa shape index (κ1) is 20.1. The van der Waals surface area contributed by atoms with Crippen molar-refractivity contribution in [2.24, 2.45) is 0 Å². The molecule has 0 saturated carbocycles. The van der Waals surface area contributed by atoms with Crippen LogP contribution in [0.15, 0.2) is 40.9 Å². The lowest BCUT2D eigenvalue weighted by atomic mass is 10.1. The van der Waals surface area contributed by atoms with Gasteiger partial charge in [0.05, 0.1) is 13.1 Å². The zero-order valence-electron chi connectivity index (χ0n) is 15.5. The third kappa shape index (κ3) is 5.97. The number of nitrogens with one attached hydrogen (secondary N) is 2. The van der Waals surface area contributed by atoms with Crippen LogP contribution < -0.4 is 10.6 Å². The van der Waals surface area contributed by atoms with Gasteiger partial charge < -0.3 is 10.6 Å². The lowest BCUT2D eigenvalue weighted by molar-refractivity contribution is -0.119. The molecule has 0 aromatic heterocycles. The average molecular weight is 418 g/mol. The largest absolute Gasteiger partial charge is 0.325 e. The molecule has 2 aromatic rings. The van der Waals surface area contributed by atoms with Gasteiger partial charge in [-0.2, -0.15) is 0 Å². The van der Waals surface area contributed by atoms with Crippen molar-refractivity contribution in [1.82, 2.24) is 4.90 Å². The fourth-order valence-corrected chi connectivity index (χ4v) is 3.27. The lowest BCUT2D eigenvalue weighted by Gasteiger charge is -2.18. The fraction of sp³-hybridized carbons (Fsp3) is 0.300. The van der Waals surface area contributed by atoms with E-state index in [0.29, 0.717) is 5.69 Å². The third-order valence-electron chi connectivity index (χ3n) is 3.88. The molecule has 0 aliphatic rings. The number of carbonyl (C=O) groups is 2. The molecule has 0 fully saturated rings. The summed E-state index contributed by atoms with van der Waals surface area (Å²) in [7, 11) is 1.74. The van der Waals surface area contributed by atoms with Crippen LogP contribution >= 0.6 is 15.9 Å². The second-order valence-corrected chi connectivity index (χ2v) is 7.47. The molecule has 2 amide bonds. The topological polar surface area (TPSA) is 61.4 Å². The Balaban J connectivity index is 1.88. The molecular formula is C20H24BrN3O2. The van der Waals surface area contributed by atoms with E-state index in [1.165, 1.54) is 5.56 Å². The third-order valence-corrected chi connectivity index (χ3v) is 4.37. The first-order valence-corrected chi connectivity index (χ1v) is 9.15. The Morgan fingerprint density at radius 2 is 1.54 bits per heavy atom. The summed E-state index contributed by atoms with van der Waals surface area (Å²) >= 11 is 3.37. The van der Waals surface area contributed by atoms with E-state index in [4.69, 9.17) is 0 Å². The summed E-state index contributed by atoms with van der Waals surface area (Å²) in [5, 5.41) is 5.77. The van der Waals surface area contributed by atoms with E-state index >= 15 is 0 Å². The molecule has 0 aliphatic carbocycles. The van der Waals surface area contributed by atoms with Gasteiger partial charge in [0.15, 0.2) is 0 Å². The molecule has 0 bridgehead atoms. The van der Waals surface area contributed by atoms with Crippen molar-refractivity contribution in [3.63, 3.8) is 0 Å². The zero-order valence-corrected chi connectivity index (χ0v) is 17.1. The van der Waals surface area contributed by atoms with E-state index in [9.17, 15) is 9.59 Å². The summed E-state index contributed by atoms with van der Waals surface area (Å²) in [6.07, 6.45) is 0. The molecule has 0 heterocycles. The first-order chi connectivity index (χ1) is 12.2.